The van der Waals surface area contributed by atoms with Crippen LogP contribution in [0.25, 0.3) is 11.4 Å². The van der Waals surface area contributed by atoms with Crippen LogP contribution in [0.1, 0.15) is 32.1 Å². The Bertz CT molecular complexity index is 745. The molecule has 126 valence electrons. The maximum atomic E-state index is 11.3. The second-order valence-corrected chi connectivity index (χ2v) is 6.98. The fraction of sp³-hybridized carbons (Fsp3) is 0.500. The smallest absolute Gasteiger partial charge is 0.320 e. The van der Waals surface area contributed by atoms with Gasteiger partial charge in [0.15, 0.2) is 0 Å². The van der Waals surface area contributed by atoms with Gasteiger partial charge in [-0.05, 0) is 25.7 Å². The molecule has 2 fully saturated rings. The molecule has 1 aromatic heterocycles. The molecule has 0 radical (unpaired) electrons. The van der Waals surface area contributed by atoms with Gasteiger partial charge in [0, 0.05) is 18.7 Å². The topological polar surface area (TPSA) is 79.5 Å². The Labute approximate surface area is 140 Å². The van der Waals surface area contributed by atoms with Gasteiger partial charge in [0.1, 0.15) is 6.04 Å². The van der Waals surface area contributed by atoms with E-state index in [2.05, 4.69) is 10.1 Å². The Hall–Kier alpha value is -2.21. The Morgan fingerprint density at radius 3 is 2.96 bits per heavy atom. The van der Waals surface area contributed by atoms with Crippen molar-refractivity contribution in [3.05, 3.63) is 36.2 Å². The third kappa shape index (κ3) is 2.33. The van der Waals surface area contributed by atoms with E-state index in [1.165, 1.54) is 0 Å². The lowest BCUT2D eigenvalue weighted by atomic mass is 9.80. The van der Waals surface area contributed by atoms with Gasteiger partial charge in [0.25, 0.3) is 0 Å². The summed E-state index contributed by atoms with van der Waals surface area (Å²) in [6.45, 7) is 3.22. The van der Waals surface area contributed by atoms with Crippen LogP contribution in [0.4, 0.5) is 0 Å². The van der Waals surface area contributed by atoms with Crippen LogP contribution in [0.2, 0.25) is 0 Å². The molecule has 1 aromatic carbocycles. The number of hydrogen-bond acceptors (Lipinski definition) is 5. The molecule has 1 saturated heterocycles. The summed E-state index contributed by atoms with van der Waals surface area (Å²) in [7, 11) is 0. The number of likely N-dealkylation sites (tertiary alicyclic amines) is 1. The summed E-state index contributed by atoms with van der Waals surface area (Å²) < 4.78 is 5.66. The highest BCUT2D eigenvalue weighted by Gasteiger charge is 2.55. The van der Waals surface area contributed by atoms with Crippen LogP contribution < -0.4 is 0 Å². The monoisotopic (exact) mass is 327 g/mol. The van der Waals surface area contributed by atoms with Crippen LogP contribution in [-0.4, -0.2) is 45.2 Å². The predicted octanol–water partition coefficient (Wildman–Crippen LogP) is 2.56. The first kappa shape index (κ1) is 15.3. The van der Waals surface area contributed by atoms with Gasteiger partial charge in [0.05, 0.1) is 5.41 Å². The Morgan fingerprint density at radius 1 is 1.42 bits per heavy atom. The van der Waals surface area contributed by atoms with Crippen molar-refractivity contribution in [1.82, 2.24) is 15.0 Å². The van der Waals surface area contributed by atoms with Crippen molar-refractivity contribution in [1.29, 1.82) is 0 Å². The van der Waals surface area contributed by atoms with Crippen molar-refractivity contribution in [2.24, 2.45) is 5.92 Å². The van der Waals surface area contributed by atoms with E-state index in [1.54, 1.807) is 6.92 Å². The van der Waals surface area contributed by atoms with E-state index in [0.717, 1.165) is 31.4 Å². The summed E-state index contributed by atoms with van der Waals surface area (Å²) in [6, 6.07) is 9.31. The minimum atomic E-state index is -0.777. The number of hydrogen-bond donors (Lipinski definition) is 1. The number of nitrogens with zero attached hydrogens (tertiary/aromatic N) is 3. The maximum absolute atomic E-state index is 11.3. The van der Waals surface area contributed by atoms with Crippen LogP contribution in [0.3, 0.4) is 0 Å². The molecule has 6 nitrogen and oxygen atoms in total. The highest BCUT2D eigenvalue weighted by molar-refractivity contribution is 5.73. The van der Waals surface area contributed by atoms with E-state index in [4.69, 9.17) is 4.52 Å². The molecule has 4 rings (SSSR count). The van der Waals surface area contributed by atoms with Crippen molar-refractivity contribution < 1.29 is 14.4 Å². The van der Waals surface area contributed by atoms with Crippen LogP contribution in [0.5, 0.6) is 0 Å². The average molecular weight is 327 g/mol. The van der Waals surface area contributed by atoms with Crippen molar-refractivity contribution >= 4 is 5.97 Å². The molecule has 0 amide bonds. The molecule has 1 unspecified atom stereocenters. The minimum Gasteiger partial charge on any atom is -0.480 e. The lowest BCUT2D eigenvalue weighted by Gasteiger charge is -2.25. The van der Waals surface area contributed by atoms with Crippen LogP contribution >= 0.6 is 0 Å². The third-order valence-electron chi connectivity index (χ3n) is 5.69. The summed E-state index contributed by atoms with van der Waals surface area (Å²) in [6.07, 6.45) is 3.20. The largest absolute Gasteiger partial charge is 0.480 e. The van der Waals surface area contributed by atoms with Crippen molar-refractivity contribution in [2.75, 3.05) is 13.1 Å². The van der Waals surface area contributed by atoms with E-state index in [1.807, 2.05) is 35.2 Å². The minimum absolute atomic E-state index is 0.191. The zero-order valence-electron chi connectivity index (χ0n) is 13.7. The molecule has 24 heavy (non-hydrogen) atoms. The molecular weight excluding hydrogens is 306 g/mol. The lowest BCUT2D eigenvalue weighted by Crippen LogP contribution is -2.40. The highest BCUT2D eigenvalue weighted by atomic mass is 16.5. The van der Waals surface area contributed by atoms with E-state index < -0.39 is 12.0 Å². The first-order valence-corrected chi connectivity index (χ1v) is 8.46. The van der Waals surface area contributed by atoms with Gasteiger partial charge in [-0.2, -0.15) is 4.98 Å². The molecule has 6 heteroatoms. The van der Waals surface area contributed by atoms with Crippen molar-refractivity contribution in [3.63, 3.8) is 0 Å². The first-order valence-electron chi connectivity index (χ1n) is 8.46. The van der Waals surface area contributed by atoms with Crippen molar-refractivity contribution in [2.45, 2.75) is 37.6 Å². The molecule has 0 bridgehead atoms. The quantitative estimate of drug-likeness (QED) is 0.930. The van der Waals surface area contributed by atoms with Gasteiger partial charge >= 0.3 is 5.97 Å². The summed E-state index contributed by atoms with van der Waals surface area (Å²) >= 11 is 0. The summed E-state index contributed by atoms with van der Waals surface area (Å²) in [5.41, 5.74) is 0.746. The maximum Gasteiger partial charge on any atom is 0.320 e. The highest BCUT2D eigenvalue weighted by Crippen LogP contribution is 2.50. The van der Waals surface area contributed by atoms with Gasteiger partial charge in [-0.25, -0.2) is 0 Å². The number of benzene rings is 1. The Kier molecular flexibility index (Phi) is 3.64. The summed E-state index contributed by atoms with van der Waals surface area (Å²) in [5, 5.41) is 13.5. The molecule has 1 N–H and O–H groups in total. The van der Waals surface area contributed by atoms with Gasteiger partial charge < -0.3 is 9.63 Å². The standard InChI is InChI=1S/C18H21N3O3/c1-12(16(22)23)21-10-14-8-5-9-18(14,11-21)17-19-15(20-24-17)13-6-3-2-4-7-13/h2-4,6-7,12,14H,5,8-11H2,1H3,(H,22,23)/t12?,14-,18-/m1/s1. The second-order valence-electron chi connectivity index (χ2n) is 6.98. The van der Waals surface area contributed by atoms with Gasteiger partial charge in [0.2, 0.25) is 11.7 Å². The number of carboxylic acid groups (broad SMARTS) is 1. The van der Waals surface area contributed by atoms with Crippen molar-refractivity contribution in [3.8, 4) is 11.4 Å². The number of rotatable bonds is 4. The molecular formula is C18H21N3O3. The van der Waals surface area contributed by atoms with E-state index in [0.29, 0.717) is 24.2 Å². The number of fused-ring (bicyclic) bond motifs is 1. The Balaban J connectivity index is 1.65. The lowest BCUT2D eigenvalue weighted by molar-refractivity contribution is -0.142. The number of carboxylic acids is 1. The van der Waals surface area contributed by atoms with Crippen LogP contribution in [-0.2, 0) is 10.2 Å². The molecule has 2 aromatic rings. The molecule has 1 saturated carbocycles. The fourth-order valence-corrected chi connectivity index (χ4v) is 4.26. The SMILES string of the molecule is CC(C(=O)O)N1C[C@H]2CCC[C@@]2(c2nc(-c3ccccc3)no2)C1. The third-order valence-corrected chi connectivity index (χ3v) is 5.69. The second kappa shape index (κ2) is 5.70. The molecule has 0 spiro atoms. The molecule has 1 aliphatic carbocycles. The van der Waals surface area contributed by atoms with Crippen LogP contribution in [0, 0.1) is 5.92 Å². The van der Waals surface area contributed by atoms with Gasteiger partial charge in [-0.1, -0.05) is 41.9 Å². The van der Waals surface area contributed by atoms with Gasteiger partial charge in [-0.15, -0.1) is 0 Å². The Morgan fingerprint density at radius 2 is 2.21 bits per heavy atom. The average Bonchev–Trinajstić information content (AvgIpc) is 3.28. The number of aliphatic carboxylic acids is 1. The first-order chi connectivity index (χ1) is 11.6. The van der Waals surface area contributed by atoms with E-state index in [9.17, 15) is 9.90 Å². The molecule has 1 aliphatic heterocycles. The summed E-state index contributed by atoms with van der Waals surface area (Å²) in [4.78, 5) is 18.1. The zero-order chi connectivity index (χ0) is 16.7. The fourth-order valence-electron chi connectivity index (χ4n) is 4.26. The number of aromatic nitrogens is 2. The molecule has 2 aliphatic rings. The zero-order valence-corrected chi connectivity index (χ0v) is 13.7. The normalized spacial score (nSPS) is 28.0. The van der Waals surface area contributed by atoms with Crippen LogP contribution in [0.15, 0.2) is 34.9 Å². The number of carbonyl (C=O) groups is 1. The van der Waals surface area contributed by atoms with E-state index in [-0.39, 0.29) is 5.41 Å². The molecule has 2 heterocycles. The summed E-state index contributed by atoms with van der Waals surface area (Å²) in [5.74, 6) is 0.892. The molecule has 3 atom stereocenters. The van der Waals surface area contributed by atoms with Gasteiger partial charge in [-0.3, -0.25) is 9.69 Å². The van der Waals surface area contributed by atoms with E-state index >= 15 is 0 Å². The predicted molar refractivity (Wildman–Crippen MR) is 87.4 cm³/mol.